The highest BCUT2D eigenvalue weighted by Crippen LogP contribution is 2.16. The predicted molar refractivity (Wildman–Crippen MR) is 60.8 cm³/mol. The molecule has 1 aromatic carbocycles. The van der Waals surface area contributed by atoms with Gasteiger partial charge in [0.2, 0.25) is 0 Å². The summed E-state index contributed by atoms with van der Waals surface area (Å²) in [6.45, 7) is 11.3. The molecule has 0 unspecified atom stereocenters. The molecule has 15 heavy (non-hydrogen) atoms. The minimum absolute atomic E-state index is 0.278. The monoisotopic (exact) mass is 205 g/mol. The number of esters is 1. The number of ether oxygens (including phenoxy) is 1. The first-order valence-corrected chi connectivity index (χ1v) is 4.95. The lowest BCUT2D eigenvalue weighted by atomic mass is 10.1. The van der Waals surface area contributed by atoms with Crippen molar-refractivity contribution in [2.24, 2.45) is 0 Å². The van der Waals surface area contributed by atoms with Crippen LogP contribution in [0.15, 0.2) is 18.2 Å². The zero-order valence-corrected chi connectivity index (χ0v) is 9.76. The Hall–Kier alpha value is -1.31. The fourth-order valence-electron chi connectivity index (χ4n) is 1.29. The summed E-state index contributed by atoms with van der Waals surface area (Å²) in [4.78, 5) is 11.7. The van der Waals surface area contributed by atoms with Gasteiger partial charge < -0.3 is 4.74 Å². The van der Waals surface area contributed by atoms with Crippen LogP contribution in [0.5, 0.6) is 0 Å². The van der Waals surface area contributed by atoms with Crippen LogP contribution in [0.3, 0.4) is 0 Å². The molecule has 0 fully saturated rings. The van der Waals surface area contributed by atoms with Crippen LogP contribution in [0.4, 0.5) is 0 Å². The van der Waals surface area contributed by atoms with Crippen LogP contribution in [0.25, 0.3) is 0 Å². The van der Waals surface area contributed by atoms with Crippen molar-refractivity contribution >= 4 is 5.97 Å². The number of hydrogen-bond acceptors (Lipinski definition) is 2. The molecule has 0 saturated carbocycles. The Morgan fingerprint density at radius 3 is 2.40 bits per heavy atom. The van der Waals surface area contributed by atoms with Crippen LogP contribution in [-0.4, -0.2) is 11.6 Å². The molecule has 0 bridgehead atoms. The third kappa shape index (κ3) is 3.39. The van der Waals surface area contributed by atoms with E-state index in [1.807, 2.05) is 39.8 Å². The Bertz CT molecular complexity index is 373. The van der Waals surface area contributed by atoms with Crippen LogP contribution < -0.4 is 0 Å². The molecule has 0 N–H and O–H groups in total. The number of carbonyl (C=O) groups is 1. The normalized spacial score (nSPS) is 11.3. The van der Waals surface area contributed by atoms with Gasteiger partial charge in [0.1, 0.15) is 5.60 Å². The summed E-state index contributed by atoms with van der Waals surface area (Å²) in [7, 11) is 0. The molecule has 0 aliphatic rings. The molecule has 0 saturated heterocycles. The van der Waals surface area contributed by atoms with Crippen molar-refractivity contribution in [1.29, 1.82) is 0 Å². The summed E-state index contributed by atoms with van der Waals surface area (Å²) < 4.78 is 5.29. The minimum atomic E-state index is -0.452. The molecule has 1 aromatic rings. The third-order valence-corrected chi connectivity index (χ3v) is 1.91. The summed E-state index contributed by atoms with van der Waals surface area (Å²) in [5.74, 6) is -0.278. The Kier molecular flexibility index (Phi) is 3.18. The number of carbonyl (C=O) groups excluding carboxylic acids is 1. The van der Waals surface area contributed by atoms with Crippen molar-refractivity contribution in [2.75, 3.05) is 0 Å². The third-order valence-electron chi connectivity index (χ3n) is 1.91. The molecule has 0 aromatic heterocycles. The van der Waals surface area contributed by atoms with Crippen LogP contribution in [0.1, 0.15) is 42.3 Å². The number of benzene rings is 1. The molecule has 2 heteroatoms. The highest BCUT2D eigenvalue weighted by molar-refractivity contribution is 5.91. The first-order valence-electron chi connectivity index (χ1n) is 4.95. The average Bonchev–Trinajstić information content (AvgIpc) is 1.99. The van der Waals surface area contributed by atoms with E-state index < -0.39 is 5.60 Å². The fourth-order valence-corrected chi connectivity index (χ4v) is 1.29. The molecule has 0 heterocycles. The number of hydrogen-bond donors (Lipinski definition) is 0. The van der Waals surface area contributed by atoms with Crippen molar-refractivity contribution < 1.29 is 9.53 Å². The summed E-state index contributed by atoms with van der Waals surface area (Å²) >= 11 is 0. The maximum Gasteiger partial charge on any atom is 0.338 e. The van der Waals surface area contributed by atoms with Gasteiger partial charge in [-0.3, -0.25) is 0 Å². The molecule has 0 amide bonds. The molecule has 1 rings (SSSR count). The van der Waals surface area contributed by atoms with E-state index in [0.717, 1.165) is 11.1 Å². The van der Waals surface area contributed by atoms with Crippen molar-refractivity contribution in [3.05, 3.63) is 41.8 Å². The van der Waals surface area contributed by atoms with Crippen LogP contribution in [0.2, 0.25) is 0 Å². The number of aryl methyl sites for hydroxylation is 1. The predicted octanol–water partition coefficient (Wildman–Crippen LogP) is 3.13. The molecule has 81 valence electrons. The lowest BCUT2D eigenvalue weighted by Crippen LogP contribution is -2.24. The standard InChI is InChI=1S/C13H17O2/c1-9-6-7-11(10(2)8-9)12(14)15-13(3,4)5/h6-8H,1H2,2-5H3. The second kappa shape index (κ2) is 4.05. The topological polar surface area (TPSA) is 26.3 Å². The van der Waals surface area contributed by atoms with Gasteiger partial charge in [0, 0.05) is 0 Å². The van der Waals surface area contributed by atoms with Gasteiger partial charge in [-0.15, -0.1) is 0 Å². The molecule has 2 nitrogen and oxygen atoms in total. The molecule has 0 aliphatic carbocycles. The SMILES string of the molecule is [CH2]c1ccc(C(=O)OC(C)(C)C)c(C)c1. The van der Waals surface area contributed by atoms with Gasteiger partial charge in [0.25, 0.3) is 0 Å². The lowest BCUT2D eigenvalue weighted by Gasteiger charge is -2.20. The van der Waals surface area contributed by atoms with Crippen LogP contribution >= 0.6 is 0 Å². The van der Waals surface area contributed by atoms with E-state index in [1.165, 1.54) is 0 Å². The lowest BCUT2D eigenvalue weighted by molar-refractivity contribution is 0.00688. The van der Waals surface area contributed by atoms with Crippen LogP contribution in [0, 0.1) is 13.8 Å². The van der Waals surface area contributed by atoms with E-state index in [2.05, 4.69) is 6.92 Å². The van der Waals surface area contributed by atoms with Crippen molar-refractivity contribution in [1.82, 2.24) is 0 Å². The summed E-state index contributed by atoms with van der Waals surface area (Å²) in [5, 5.41) is 0. The largest absolute Gasteiger partial charge is 0.456 e. The summed E-state index contributed by atoms with van der Waals surface area (Å²) in [5.41, 5.74) is 1.96. The van der Waals surface area contributed by atoms with E-state index in [9.17, 15) is 4.79 Å². The highest BCUT2D eigenvalue weighted by Gasteiger charge is 2.18. The van der Waals surface area contributed by atoms with Crippen molar-refractivity contribution in [3.8, 4) is 0 Å². The second-order valence-corrected chi connectivity index (χ2v) is 4.65. The van der Waals surface area contributed by atoms with E-state index in [0.29, 0.717) is 5.56 Å². The molecular weight excluding hydrogens is 188 g/mol. The van der Waals surface area contributed by atoms with Gasteiger partial charge >= 0.3 is 5.97 Å². The maximum absolute atomic E-state index is 11.7. The van der Waals surface area contributed by atoms with Crippen molar-refractivity contribution in [2.45, 2.75) is 33.3 Å². The molecule has 1 radical (unpaired) electrons. The Labute approximate surface area is 91.3 Å². The zero-order valence-electron chi connectivity index (χ0n) is 9.76. The minimum Gasteiger partial charge on any atom is -0.456 e. The van der Waals surface area contributed by atoms with E-state index >= 15 is 0 Å². The Balaban J connectivity index is 2.92. The fraction of sp³-hybridized carbons (Fsp3) is 0.385. The maximum atomic E-state index is 11.7. The summed E-state index contributed by atoms with van der Waals surface area (Å²) in [6.07, 6.45) is 0. The second-order valence-electron chi connectivity index (χ2n) is 4.65. The Morgan fingerprint density at radius 2 is 1.93 bits per heavy atom. The first kappa shape index (κ1) is 11.8. The molecule has 0 aliphatic heterocycles. The summed E-state index contributed by atoms with van der Waals surface area (Å²) in [6, 6.07) is 5.44. The number of rotatable bonds is 1. The van der Waals surface area contributed by atoms with Gasteiger partial charge in [-0.05, 0) is 51.8 Å². The molecular formula is C13H17O2. The van der Waals surface area contributed by atoms with Gasteiger partial charge in [0.15, 0.2) is 0 Å². The quantitative estimate of drug-likeness (QED) is 0.658. The van der Waals surface area contributed by atoms with Gasteiger partial charge in [-0.2, -0.15) is 0 Å². The van der Waals surface area contributed by atoms with Gasteiger partial charge in [0.05, 0.1) is 5.56 Å². The van der Waals surface area contributed by atoms with Crippen molar-refractivity contribution in [3.63, 3.8) is 0 Å². The van der Waals surface area contributed by atoms with Crippen LogP contribution in [-0.2, 0) is 4.74 Å². The zero-order chi connectivity index (χ0) is 11.6. The Morgan fingerprint density at radius 1 is 1.33 bits per heavy atom. The van der Waals surface area contributed by atoms with E-state index in [1.54, 1.807) is 6.07 Å². The van der Waals surface area contributed by atoms with E-state index in [-0.39, 0.29) is 5.97 Å². The van der Waals surface area contributed by atoms with Gasteiger partial charge in [-0.1, -0.05) is 12.1 Å². The highest BCUT2D eigenvalue weighted by atomic mass is 16.6. The smallest absolute Gasteiger partial charge is 0.338 e. The van der Waals surface area contributed by atoms with E-state index in [4.69, 9.17) is 4.74 Å². The average molecular weight is 205 g/mol. The first-order chi connectivity index (χ1) is 6.79. The molecule has 0 atom stereocenters. The van der Waals surface area contributed by atoms with Gasteiger partial charge in [-0.25, -0.2) is 4.79 Å². The molecule has 0 spiro atoms.